The van der Waals surface area contributed by atoms with Crippen molar-refractivity contribution in [3.8, 4) is 0 Å². The van der Waals surface area contributed by atoms with E-state index in [1.54, 1.807) is 0 Å². The summed E-state index contributed by atoms with van der Waals surface area (Å²) in [5.74, 6) is 0.542. The van der Waals surface area contributed by atoms with Gasteiger partial charge in [0.1, 0.15) is 0 Å². The lowest BCUT2D eigenvalue weighted by Gasteiger charge is -2.13. The zero-order valence-electron chi connectivity index (χ0n) is 10.5. The summed E-state index contributed by atoms with van der Waals surface area (Å²) in [6.45, 7) is 9.35. The van der Waals surface area contributed by atoms with E-state index in [2.05, 4.69) is 34.5 Å². The van der Waals surface area contributed by atoms with Gasteiger partial charge in [0.05, 0.1) is 12.0 Å². The average molecular weight is 221 g/mol. The topological polar surface area (TPSA) is 21.1 Å². The summed E-state index contributed by atoms with van der Waals surface area (Å²) in [5.41, 5.74) is 1.21. The van der Waals surface area contributed by atoms with E-state index in [0.29, 0.717) is 5.92 Å². The number of imidazole rings is 1. The third-order valence-electron chi connectivity index (χ3n) is 3.33. The SMILES string of the molecule is CC(C)c1cn(CCCN2CCCC2)cn1. The Morgan fingerprint density at radius 1 is 1.25 bits per heavy atom. The van der Waals surface area contributed by atoms with Gasteiger partial charge >= 0.3 is 0 Å². The van der Waals surface area contributed by atoms with Gasteiger partial charge in [-0.05, 0) is 44.8 Å². The van der Waals surface area contributed by atoms with Crippen molar-refractivity contribution in [3.63, 3.8) is 0 Å². The van der Waals surface area contributed by atoms with Crippen LogP contribution in [0.25, 0.3) is 0 Å². The minimum Gasteiger partial charge on any atom is -0.337 e. The Morgan fingerprint density at radius 2 is 2.00 bits per heavy atom. The highest BCUT2D eigenvalue weighted by Crippen LogP contribution is 2.11. The van der Waals surface area contributed by atoms with Crippen molar-refractivity contribution in [3.05, 3.63) is 18.2 Å². The zero-order chi connectivity index (χ0) is 11.4. The lowest BCUT2D eigenvalue weighted by Crippen LogP contribution is -2.21. The maximum Gasteiger partial charge on any atom is 0.0949 e. The van der Waals surface area contributed by atoms with Gasteiger partial charge in [-0.15, -0.1) is 0 Å². The van der Waals surface area contributed by atoms with E-state index in [1.165, 1.54) is 44.6 Å². The summed E-state index contributed by atoms with van der Waals surface area (Å²) >= 11 is 0. The predicted molar refractivity (Wildman–Crippen MR) is 66.6 cm³/mol. The van der Waals surface area contributed by atoms with Crippen molar-refractivity contribution in [2.75, 3.05) is 19.6 Å². The molecule has 1 aliphatic heterocycles. The first kappa shape index (κ1) is 11.6. The van der Waals surface area contributed by atoms with Crippen LogP contribution in [-0.4, -0.2) is 34.1 Å². The molecule has 0 aliphatic carbocycles. The third kappa shape index (κ3) is 3.08. The molecule has 0 aromatic carbocycles. The summed E-state index contributed by atoms with van der Waals surface area (Å²) in [5, 5.41) is 0. The van der Waals surface area contributed by atoms with E-state index in [4.69, 9.17) is 0 Å². The van der Waals surface area contributed by atoms with Crippen LogP contribution in [0.15, 0.2) is 12.5 Å². The fourth-order valence-electron chi connectivity index (χ4n) is 2.28. The molecule has 2 heterocycles. The first-order chi connectivity index (χ1) is 7.75. The van der Waals surface area contributed by atoms with E-state index in [0.717, 1.165) is 6.54 Å². The Balaban J connectivity index is 1.72. The van der Waals surface area contributed by atoms with Gasteiger partial charge < -0.3 is 9.47 Å². The van der Waals surface area contributed by atoms with Gasteiger partial charge in [0.25, 0.3) is 0 Å². The maximum atomic E-state index is 4.42. The van der Waals surface area contributed by atoms with Crippen LogP contribution >= 0.6 is 0 Å². The molecule has 0 bridgehead atoms. The minimum absolute atomic E-state index is 0.542. The highest BCUT2D eigenvalue weighted by molar-refractivity contribution is 5.01. The number of aryl methyl sites for hydroxylation is 1. The average Bonchev–Trinajstić information content (AvgIpc) is 2.87. The molecule has 1 aromatic heterocycles. The van der Waals surface area contributed by atoms with Crippen LogP contribution < -0.4 is 0 Å². The molecule has 3 nitrogen and oxygen atoms in total. The summed E-state index contributed by atoms with van der Waals surface area (Å²) in [6, 6.07) is 0. The molecule has 0 radical (unpaired) electrons. The summed E-state index contributed by atoms with van der Waals surface area (Å²) in [7, 11) is 0. The molecule has 0 amide bonds. The molecule has 0 saturated carbocycles. The third-order valence-corrected chi connectivity index (χ3v) is 3.33. The van der Waals surface area contributed by atoms with E-state index >= 15 is 0 Å². The summed E-state index contributed by atoms with van der Waals surface area (Å²) in [4.78, 5) is 6.99. The van der Waals surface area contributed by atoms with Gasteiger partial charge in [-0.1, -0.05) is 13.8 Å². The number of aromatic nitrogens is 2. The van der Waals surface area contributed by atoms with Gasteiger partial charge in [0.2, 0.25) is 0 Å². The zero-order valence-corrected chi connectivity index (χ0v) is 10.5. The number of rotatable bonds is 5. The van der Waals surface area contributed by atoms with Crippen molar-refractivity contribution in [1.29, 1.82) is 0 Å². The molecule has 1 aromatic rings. The second kappa shape index (κ2) is 5.48. The Labute approximate surface area is 98.5 Å². The van der Waals surface area contributed by atoms with Crippen LogP contribution in [0, 0.1) is 0 Å². The molecule has 3 heteroatoms. The van der Waals surface area contributed by atoms with Crippen LogP contribution in [0.5, 0.6) is 0 Å². The van der Waals surface area contributed by atoms with E-state index in [1.807, 2.05) is 6.33 Å². The normalized spacial score (nSPS) is 17.4. The largest absolute Gasteiger partial charge is 0.337 e. The lowest BCUT2D eigenvalue weighted by atomic mass is 10.2. The van der Waals surface area contributed by atoms with Crippen molar-refractivity contribution in [2.45, 2.75) is 45.6 Å². The van der Waals surface area contributed by atoms with Crippen LogP contribution in [0.2, 0.25) is 0 Å². The van der Waals surface area contributed by atoms with Gasteiger partial charge in [-0.2, -0.15) is 0 Å². The highest BCUT2D eigenvalue weighted by atomic mass is 15.1. The van der Waals surface area contributed by atoms with Crippen LogP contribution in [0.3, 0.4) is 0 Å². The highest BCUT2D eigenvalue weighted by Gasteiger charge is 2.10. The molecule has 0 N–H and O–H groups in total. The summed E-state index contributed by atoms with van der Waals surface area (Å²) in [6.07, 6.45) is 8.19. The molecule has 0 atom stereocenters. The molecule has 0 spiro atoms. The molecule has 90 valence electrons. The first-order valence-electron chi connectivity index (χ1n) is 6.50. The monoisotopic (exact) mass is 221 g/mol. The minimum atomic E-state index is 0.542. The predicted octanol–water partition coefficient (Wildman–Crippen LogP) is 2.49. The Hall–Kier alpha value is -0.830. The standard InChI is InChI=1S/C13H23N3/c1-12(2)13-10-16(11-14-13)9-5-8-15-6-3-4-7-15/h10-12H,3-9H2,1-2H3. The van der Waals surface area contributed by atoms with Crippen LogP contribution in [0.4, 0.5) is 0 Å². The van der Waals surface area contributed by atoms with Gasteiger partial charge in [-0.25, -0.2) is 4.98 Å². The molecule has 0 unspecified atom stereocenters. The van der Waals surface area contributed by atoms with Crippen molar-refractivity contribution in [2.24, 2.45) is 0 Å². The Kier molecular flexibility index (Phi) is 3.99. The van der Waals surface area contributed by atoms with Crippen molar-refractivity contribution < 1.29 is 0 Å². The number of hydrogen-bond acceptors (Lipinski definition) is 2. The van der Waals surface area contributed by atoms with Crippen LogP contribution in [0.1, 0.15) is 44.7 Å². The second-order valence-corrected chi connectivity index (χ2v) is 5.09. The number of hydrogen-bond donors (Lipinski definition) is 0. The molecular weight excluding hydrogens is 198 g/mol. The number of likely N-dealkylation sites (tertiary alicyclic amines) is 1. The molecule has 2 rings (SSSR count). The molecule has 1 fully saturated rings. The van der Waals surface area contributed by atoms with Gasteiger partial charge in [-0.3, -0.25) is 0 Å². The maximum absolute atomic E-state index is 4.42. The number of nitrogens with zero attached hydrogens (tertiary/aromatic N) is 3. The molecule has 1 saturated heterocycles. The second-order valence-electron chi connectivity index (χ2n) is 5.09. The molecule has 1 aliphatic rings. The fourth-order valence-corrected chi connectivity index (χ4v) is 2.28. The van der Waals surface area contributed by atoms with Gasteiger partial charge in [0, 0.05) is 12.7 Å². The Morgan fingerprint density at radius 3 is 2.62 bits per heavy atom. The van der Waals surface area contributed by atoms with E-state index in [9.17, 15) is 0 Å². The van der Waals surface area contributed by atoms with Crippen LogP contribution in [-0.2, 0) is 6.54 Å². The lowest BCUT2D eigenvalue weighted by molar-refractivity contribution is 0.325. The van der Waals surface area contributed by atoms with E-state index in [-0.39, 0.29) is 0 Å². The van der Waals surface area contributed by atoms with Crippen molar-refractivity contribution in [1.82, 2.24) is 14.5 Å². The molecule has 16 heavy (non-hydrogen) atoms. The summed E-state index contributed by atoms with van der Waals surface area (Å²) < 4.78 is 2.23. The smallest absolute Gasteiger partial charge is 0.0949 e. The van der Waals surface area contributed by atoms with Gasteiger partial charge in [0.15, 0.2) is 0 Å². The van der Waals surface area contributed by atoms with Crippen molar-refractivity contribution >= 4 is 0 Å². The Bertz CT molecular complexity index is 311. The quantitative estimate of drug-likeness (QED) is 0.761. The van der Waals surface area contributed by atoms with E-state index < -0.39 is 0 Å². The fraction of sp³-hybridized carbons (Fsp3) is 0.769. The first-order valence-corrected chi connectivity index (χ1v) is 6.50. The molecular formula is C13H23N3.